The van der Waals surface area contributed by atoms with Gasteiger partial charge in [-0.1, -0.05) is 0 Å². The number of ether oxygens (including phenoxy) is 1. The van der Waals surface area contributed by atoms with E-state index >= 15 is 0 Å². The van der Waals surface area contributed by atoms with Crippen LogP contribution in [0.5, 0.6) is 0 Å². The largest absolute Gasteiger partial charge is 0.345 e. The molecule has 43 valence electrons. The third kappa shape index (κ3) is 5.75. The van der Waals surface area contributed by atoms with Gasteiger partial charge in [-0.15, -0.1) is 0 Å². The van der Waals surface area contributed by atoms with Gasteiger partial charge in [-0.3, -0.25) is 0 Å². The molecule has 1 nitrogen and oxygen atoms in total. The standard InChI is InChI=1S/C3H4F3O/c4-1-2-7-3(5)6/h1,3H,2H2. The van der Waals surface area contributed by atoms with Gasteiger partial charge in [0.2, 0.25) is 0 Å². The van der Waals surface area contributed by atoms with E-state index in [1.165, 1.54) is 0 Å². The fourth-order valence-corrected chi connectivity index (χ4v) is 0.109. The monoisotopic (exact) mass is 113 g/mol. The average molecular weight is 113 g/mol. The van der Waals surface area contributed by atoms with Crippen molar-refractivity contribution in [3.63, 3.8) is 0 Å². The van der Waals surface area contributed by atoms with Crippen molar-refractivity contribution in [2.75, 3.05) is 6.61 Å². The summed E-state index contributed by atoms with van der Waals surface area (Å²) in [4.78, 5) is 0. The van der Waals surface area contributed by atoms with E-state index in [2.05, 4.69) is 4.74 Å². The van der Waals surface area contributed by atoms with Crippen molar-refractivity contribution >= 4 is 0 Å². The van der Waals surface area contributed by atoms with E-state index in [9.17, 15) is 13.2 Å². The molecule has 0 spiro atoms. The molecule has 0 amide bonds. The fourth-order valence-electron chi connectivity index (χ4n) is 0.109. The van der Waals surface area contributed by atoms with Crippen molar-refractivity contribution in [1.29, 1.82) is 0 Å². The lowest BCUT2D eigenvalue weighted by Crippen LogP contribution is -1.98. The zero-order valence-electron chi connectivity index (χ0n) is 3.40. The van der Waals surface area contributed by atoms with Crippen LogP contribution in [0.25, 0.3) is 0 Å². The second-order valence-electron chi connectivity index (χ2n) is 0.748. The minimum absolute atomic E-state index is 0.0200. The predicted molar refractivity (Wildman–Crippen MR) is 17.4 cm³/mol. The first-order valence-corrected chi connectivity index (χ1v) is 1.59. The van der Waals surface area contributed by atoms with Crippen LogP contribution >= 0.6 is 0 Å². The number of hydrogen-bond donors (Lipinski definition) is 0. The molecule has 0 aromatic carbocycles. The summed E-state index contributed by atoms with van der Waals surface area (Å²) in [5.74, 6) is 0. The summed E-state index contributed by atoms with van der Waals surface area (Å²) < 4.78 is 35.8. The normalized spacial score (nSPS) is 10.3. The van der Waals surface area contributed by atoms with E-state index in [1.54, 1.807) is 0 Å². The highest BCUT2D eigenvalue weighted by Crippen LogP contribution is 1.94. The number of hydrogen-bond acceptors (Lipinski definition) is 1. The van der Waals surface area contributed by atoms with Crippen LogP contribution in [0.4, 0.5) is 13.2 Å². The van der Waals surface area contributed by atoms with Gasteiger partial charge in [0, 0.05) is 0 Å². The fraction of sp³-hybridized carbons (Fsp3) is 0.667. The van der Waals surface area contributed by atoms with Gasteiger partial charge in [0.25, 0.3) is 0 Å². The molecule has 0 saturated carbocycles. The molecule has 0 unspecified atom stereocenters. The van der Waals surface area contributed by atoms with Gasteiger partial charge in [0.1, 0.15) is 0 Å². The molecule has 0 saturated heterocycles. The van der Waals surface area contributed by atoms with Crippen molar-refractivity contribution in [1.82, 2.24) is 0 Å². The molecule has 0 N–H and O–H groups in total. The molecule has 0 rings (SSSR count). The van der Waals surface area contributed by atoms with Crippen molar-refractivity contribution in [3.8, 4) is 0 Å². The minimum Gasteiger partial charge on any atom is -0.320 e. The Hall–Kier alpha value is -0.250. The third-order valence-corrected chi connectivity index (χ3v) is 0.285. The average Bonchev–Trinajstić information content (AvgIpc) is 1.61. The Kier molecular flexibility index (Phi) is 3.78. The maximum absolute atomic E-state index is 10.8. The Bertz CT molecular complexity index is 39.2. The maximum Gasteiger partial charge on any atom is 0.345 e. The van der Waals surface area contributed by atoms with Crippen molar-refractivity contribution < 1.29 is 17.9 Å². The Morgan fingerprint density at radius 3 is 2.29 bits per heavy atom. The van der Waals surface area contributed by atoms with Gasteiger partial charge in [-0.05, 0) is 0 Å². The SMILES string of the molecule is F[CH]COC(F)F. The van der Waals surface area contributed by atoms with Crippen LogP contribution in [0.15, 0.2) is 0 Å². The van der Waals surface area contributed by atoms with Gasteiger partial charge in [0.05, 0.1) is 6.61 Å². The summed E-state index contributed by atoms with van der Waals surface area (Å²) >= 11 is 0. The highest BCUT2D eigenvalue weighted by atomic mass is 19.3. The number of halogens is 3. The van der Waals surface area contributed by atoms with E-state index in [-0.39, 0.29) is 6.67 Å². The summed E-state index contributed by atoms with van der Waals surface area (Å²) in [5.41, 5.74) is 0. The molecule has 1 radical (unpaired) electrons. The van der Waals surface area contributed by atoms with Gasteiger partial charge in [0.15, 0.2) is 6.67 Å². The van der Waals surface area contributed by atoms with Crippen LogP contribution in [0.2, 0.25) is 0 Å². The molecule has 0 aliphatic carbocycles. The molecule has 0 aliphatic heterocycles. The van der Waals surface area contributed by atoms with Crippen molar-refractivity contribution in [2.24, 2.45) is 0 Å². The Balaban J connectivity index is 2.68. The first kappa shape index (κ1) is 6.75. The molecule has 7 heavy (non-hydrogen) atoms. The summed E-state index contributed by atoms with van der Waals surface area (Å²) in [7, 11) is 0. The molecule has 0 bridgehead atoms. The van der Waals surface area contributed by atoms with Gasteiger partial charge in [-0.25, -0.2) is 4.39 Å². The Labute approximate surface area is 39.1 Å². The van der Waals surface area contributed by atoms with E-state index in [0.29, 0.717) is 0 Å². The van der Waals surface area contributed by atoms with Gasteiger partial charge < -0.3 is 4.74 Å². The second kappa shape index (κ2) is 3.92. The lowest BCUT2D eigenvalue weighted by atomic mass is 10.8. The predicted octanol–water partition coefficient (Wildman–Crippen LogP) is 1.36. The van der Waals surface area contributed by atoms with Crippen LogP contribution in [0.3, 0.4) is 0 Å². The first-order valence-electron chi connectivity index (χ1n) is 1.59. The van der Waals surface area contributed by atoms with Crippen LogP contribution in [0, 0.1) is 6.67 Å². The molecule has 0 atom stereocenters. The summed E-state index contributed by atoms with van der Waals surface area (Å²) in [6.07, 6.45) is 0. The number of rotatable bonds is 3. The van der Waals surface area contributed by atoms with E-state index in [0.717, 1.165) is 0 Å². The van der Waals surface area contributed by atoms with E-state index < -0.39 is 13.2 Å². The van der Waals surface area contributed by atoms with Gasteiger partial charge in [-0.2, -0.15) is 8.78 Å². The summed E-state index contributed by atoms with van der Waals surface area (Å²) in [6, 6.07) is 0. The lowest BCUT2D eigenvalue weighted by molar-refractivity contribution is -0.125. The molecule has 0 heterocycles. The Morgan fingerprint density at radius 2 is 2.14 bits per heavy atom. The van der Waals surface area contributed by atoms with Crippen molar-refractivity contribution in [2.45, 2.75) is 6.61 Å². The lowest BCUT2D eigenvalue weighted by Gasteiger charge is -1.93. The quantitative estimate of drug-likeness (QED) is 0.536. The van der Waals surface area contributed by atoms with Crippen LogP contribution in [-0.2, 0) is 4.74 Å². The smallest absolute Gasteiger partial charge is 0.320 e. The molecule has 0 aliphatic rings. The summed E-state index contributed by atoms with van der Waals surface area (Å²) in [5, 5.41) is 0. The number of alkyl halides is 2. The van der Waals surface area contributed by atoms with Crippen LogP contribution in [-0.4, -0.2) is 13.2 Å². The molecular formula is C3H4F3O. The Morgan fingerprint density at radius 1 is 1.57 bits per heavy atom. The zero-order chi connectivity index (χ0) is 5.70. The van der Waals surface area contributed by atoms with Crippen molar-refractivity contribution in [3.05, 3.63) is 6.67 Å². The topological polar surface area (TPSA) is 9.23 Å². The third-order valence-electron chi connectivity index (χ3n) is 0.285. The highest BCUT2D eigenvalue weighted by Gasteiger charge is 1.98. The first-order chi connectivity index (χ1) is 3.27. The van der Waals surface area contributed by atoms with Crippen LogP contribution < -0.4 is 0 Å². The molecule has 0 aromatic heterocycles. The second-order valence-corrected chi connectivity index (χ2v) is 0.748. The molecular weight excluding hydrogens is 109 g/mol. The molecule has 4 heteroatoms. The zero-order valence-corrected chi connectivity index (χ0v) is 3.40. The summed E-state index contributed by atoms with van der Waals surface area (Å²) in [6.45, 7) is -3.49. The van der Waals surface area contributed by atoms with E-state index in [4.69, 9.17) is 0 Å². The van der Waals surface area contributed by atoms with Crippen LogP contribution in [0.1, 0.15) is 0 Å². The van der Waals surface area contributed by atoms with Gasteiger partial charge >= 0.3 is 6.61 Å². The maximum atomic E-state index is 10.8. The molecule has 0 fully saturated rings. The highest BCUT2D eigenvalue weighted by molar-refractivity contribution is 4.38. The minimum atomic E-state index is -2.87. The molecule has 0 aromatic rings. The van der Waals surface area contributed by atoms with E-state index in [1.807, 2.05) is 0 Å².